The number of aliphatic hydroxyl groups excluding tert-OH is 1. The molecular weight excluding hydrogens is 294 g/mol. The fourth-order valence-corrected chi connectivity index (χ4v) is 2.77. The Balaban J connectivity index is 1.97. The van der Waals surface area contributed by atoms with Crippen molar-refractivity contribution in [3.05, 3.63) is 41.5 Å². The Morgan fingerprint density at radius 2 is 2.00 bits per heavy atom. The molecule has 0 aliphatic rings. The third-order valence-corrected chi connectivity index (χ3v) is 4.35. The summed E-state index contributed by atoms with van der Waals surface area (Å²) in [7, 11) is -3.59. The second kappa shape index (κ2) is 6.33. The molecule has 1 heterocycles. The first-order valence-electron chi connectivity index (χ1n) is 6.45. The van der Waals surface area contributed by atoms with Gasteiger partial charge in [-0.15, -0.1) is 0 Å². The molecule has 0 bridgehead atoms. The third-order valence-electron chi connectivity index (χ3n) is 2.87. The number of hydrogen-bond donors (Lipinski definition) is 2. The lowest BCUT2D eigenvalue weighted by molar-refractivity contribution is 0.199. The molecule has 1 unspecified atom stereocenters. The van der Waals surface area contributed by atoms with Gasteiger partial charge in [0.25, 0.3) is 0 Å². The standard InChI is InChI=1S/C13H17N3O4S/c1-9(17)11-3-5-12(6-4-11)21(18,19)14-8-7-13-15-10(2)16-20-13/h3-6,9,14,17H,7-8H2,1-2H3. The Morgan fingerprint density at radius 3 is 2.52 bits per heavy atom. The van der Waals surface area contributed by atoms with Gasteiger partial charge >= 0.3 is 0 Å². The van der Waals surface area contributed by atoms with E-state index < -0.39 is 16.1 Å². The highest BCUT2D eigenvalue weighted by Gasteiger charge is 2.14. The van der Waals surface area contributed by atoms with E-state index in [0.717, 1.165) is 0 Å². The molecule has 0 aliphatic carbocycles. The average Bonchev–Trinajstić information content (AvgIpc) is 2.84. The van der Waals surface area contributed by atoms with E-state index in [2.05, 4.69) is 14.9 Å². The molecule has 2 N–H and O–H groups in total. The van der Waals surface area contributed by atoms with Gasteiger partial charge in [0.15, 0.2) is 5.82 Å². The van der Waals surface area contributed by atoms with Gasteiger partial charge in [0.1, 0.15) is 0 Å². The van der Waals surface area contributed by atoms with Gasteiger partial charge in [-0.05, 0) is 31.5 Å². The molecule has 0 saturated heterocycles. The normalized spacial score (nSPS) is 13.3. The zero-order valence-corrected chi connectivity index (χ0v) is 12.6. The van der Waals surface area contributed by atoms with Gasteiger partial charge in [0, 0.05) is 13.0 Å². The van der Waals surface area contributed by atoms with Crippen LogP contribution in [0.3, 0.4) is 0 Å². The minimum absolute atomic E-state index is 0.147. The molecule has 1 aromatic heterocycles. The molecule has 1 atom stereocenters. The number of nitrogens with one attached hydrogen (secondary N) is 1. The lowest BCUT2D eigenvalue weighted by Crippen LogP contribution is -2.26. The fourth-order valence-electron chi connectivity index (χ4n) is 1.74. The number of rotatable bonds is 6. The van der Waals surface area contributed by atoms with E-state index in [4.69, 9.17) is 4.52 Å². The Hall–Kier alpha value is -1.77. The average molecular weight is 311 g/mol. The maximum absolute atomic E-state index is 12.1. The summed E-state index contributed by atoms with van der Waals surface area (Å²) in [6, 6.07) is 6.09. The first-order valence-corrected chi connectivity index (χ1v) is 7.93. The van der Waals surface area contributed by atoms with E-state index in [9.17, 15) is 13.5 Å². The van der Waals surface area contributed by atoms with Gasteiger partial charge in [-0.1, -0.05) is 17.3 Å². The van der Waals surface area contributed by atoms with E-state index in [-0.39, 0.29) is 11.4 Å². The topological polar surface area (TPSA) is 105 Å². The third kappa shape index (κ3) is 4.10. The first kappa shape index (κ1) is 15.6. The van der Waals surface area contributed by atoms with E-state index >= 15 is 0 Å². The predicted molar refractivity (Wildman–Crippen MR) is 75.0 cm³/mol. The summed E-state index contributed by atoms with van der Waals surface area (Å²) in [5, 5.41) is 13.0. The summed E-state index contributed by atoms with van der Waals surface area (Å²) in [4.78, 5) is 4.14. The van der Waals surface area contributed by atoms with E-state index in [1.54, 1.807) is 26.0 Å². The number of sulfonamides is 1. The molecule has 0 aliphatic heterocycles. The van der Waals surface area contributed by atoms with Crippen molar-refractivity contribution in [1.29, 1.82) is 0 Å². The van der Waals surface area contributed by atoms with Crippen molar-refractivity contribution in [3.8, 4) is 0 Å². The van der Waals surface area contributed by atoms with Crippen LogP contribution in [0.1, 0.15) is 30.3 Å². The lowest BCUT2D eigenvalue weighted by Gasteiger charge is -2.08. The van der Waals surface area contributed by atoms with Crippen LogP contribution in [0.25, 0.3) is 0 Å². The summed E-state index contributed by atoms with van der Waals surface area (Å²) in [5.41, 5.74) is 0.662. The van der Waals surface area contributed by atoms with Crippen LogP contribution in [0.4, 0.5) is 0 Å². The number of benzene rings is 1. The Bertz CT molecular complexity index is 692. The maximum Gasteiger partial charge on any atom is 0.240 e. The number of aliphatic hydroxyl groups is 1. The van der Waals surface area contributed by atoms with E-state index in [1.165, 1.54) is 12.1 Å². The SMILES string of the molecule is Cc1noc(CCNS(=O)(=O)c2ccc(C(C)O)cc2)n1. The minimum Gasteiger partial charge on any atom is -0.389 e. The molecule has 2 aromatic rings. The number of aryl methyl sites for hydroxylation is 1. The van der Waals surface area contributed by atoms with Crippen LogP contribution in [0.15, 0.2) is 33.7 Å². The fraction of sp³-hybridized carbons (Fsp3) is 0.385. The van der Waals surface area contributed by atoms with Gasteiger partial charge in [-0.2, -0.15) is 4.98 Å². The van der Waals surface area contributed by atoms with Crippen LogP contribution in [-0.4, -0.2) is 30.2 Å². The van der Waals surface area contributed by atoms with Crippen molar-refractivity contribution >= 4 is 10.0 Å². The van der Waals surface area contributed by atoms with Gasteiger partial charge in [-0.3, -0.25) is 0 Å². The van der Waals surface area contributed by atoms with Crippen LogP contribution in [0.5, 0.6) is 0 Å². The van der Waals surface area contributed by atoms with Crippen LogP contribution < -0.4 is 4.72 Å². The summed E-state index contributed by atoms with van der Waals surface area (Å²) in [6.07, 6.45) is -0.304. The quantitative estimate of drug-likeness (QED) is 0.823. The van der Waals surface area contributed by atoms with Gasteiger partial charge < -0.3 is 9.63 Å². The van der Waals surface area contributed by atoms with Crippen molar-refractivity contribution in [1.82, 2.24) is 14.9 Å². The molecule has 0 fully saturated rings. The van der Waals surface area contributed by atoms with Crippen molar-refractivity contribution < 1.29 is 18.0 Å². The van der Waals surface area contributed by atoms with Crippen molar-refractivity contribution in [2.75, 3.05) is 6.54 Å². The highest BCUT2D eigenvalue weighted by atomic mass is 32.2. The summed E-state index contributed by atoms with van der Waals surface area (Å²) in [6.45, 7) is 3.48. The highest BCUT2D eigenvalue weighted by molar-refractivity contribution is 7.89. The number of aromatic nitrogens is 2. The molecule has 8 heteroatoms. The monoisotopic (exact) mass is 311 g/mol. The molecule has 0 saturated carbocycles. The van der Waals surface area contributed by atoms with Crippen LogP contribution >= 0.6 is 0 Å². The minimum atomic E-state index is -3.59. The van der Waals surface area contributed by atoms with E-state index in [0.29, 0.717) is 23.7 Å². The summed E-state index contributed by atoms with van der Waals surface area (Å²) < 4.78 is 31.5. The largest absolute Gasteiger partial charge is 0.389 e. The molecule has 1 aromatic carbocycles. The Labute approximate surface area is 123 Å². The van der Waals surface area contributed by atoms with E-state index in [1.807, 2.05) is 0 Å². The summed E-state index contributed by atoms with van der Waals surface area (Å²) >= 11 is 0. The molecule has 114 valence electrons. The smallest absolute Gasteiger partial charge is 0.240 e. The van der Waals surface area contributed by atoms with Crippen LogP contribution in [0, 0.1) is 6.92 Å². The lowest BCUT2D eigenvalue weighted by atomic mass is 10.1. The van der Waals surface area contributed by atoms with Gasteiger partial charge in [0.05, 0.1) is 11.0 Å². The second-order valence-electron chi connectivity index (χ2n) is 4.63. The molecule has 2 rings (SSSR count). The predicted octanol–water partition coefficient (Wildman–Crippen LogP) is 0.952. The number of nitrogens with zero attached hydrogens (tertiary/aromatic N) is 2. The second-order valence-corrected chi connectivity index (χ2v) is 6.40. The zero-order valence-electron chi connectivity index (χ0n) is 11.8. The molecule has 0 spiro atoms. The maximum atomic E-state index is 12.1. The van der Waals surface area contributed by atoms with Crippen molar-refractivity contribution in [2.45, 2.75) is 31.3 Å². The first-order chi connectivity index (χ1) is 9.88. The molecule has 7 nitrogen and oxygen atoms in total. The van der Waals surface area contributed by atoms with Crippen molar-refractivity contribution in [3.63, 3.8) is 0 Å². The Morgan fingerprint density at radius 1 is 1.33 bits per heavy atom. The molecule has 0 radical (unpaired) electrons. The van der Waals surface area contributed by atoms with Gasteiger partial charge in [0.2, 0.25) is 15.9 Å². The van der Waals surface area contributed by atoms with Crippen LogP contribution in [-0.2, 0) is 16.4 Å². The highest BCUT2D eigenvalue weighted by Crippen LogP contribution is 2.15. The molecular formula is C13H17N3O4S. The number of hydrogen-bond acceptors (Lipinski definition) is 6. The molecule has 21 heavy (non-hydrogen) atoms. The summed E-state index contributed by atoms with van der Waals surface area (Å²) in [5.74, 6) is 0.904. The van der Waals surface area contributed by atoms with Crippen molar-refractivity contribution in [2.24, 2.45) is 0 Å². The molecule has 0 amide bonds. The zero-order chi connectivity index (χ0) is 15.5. The van der Waals surface area contributed by atoms with Crippen LogP contribution in [0.2, 0.25) is 0 Å². The van der Waals surface area contributed by atoms with Gasteiger partial charge in [-0.25, -0.2) is 13.1 Å². The Kier molecular flexibility index (Phi) is 4.71.